The van der Waals surface area contributed by atoms with E-state index in [1.54, 1.807) is 54.6 Å². The van der Waals surface area contributed by atoms with Crippen LogP contribution < -0.4 is 16.3 Å². The van der Waals surface area contributed by atoms with Crippen LogP contribution in [0.3, 0.4) is 0 Å². The highest BCUT2D eigenvalue weighted by Gasteiger charge is 2.26. The van der Waals surface area contributed by atoms with Gasteiger partial charge < -0.3 is 5.11 Å². The number of amides is 3. The largest absolute Gasteiger partial charge is 0.464 e. The number of nitrogens with zero attached hydrogens (tertiary/aromatic N) is 2. The highest BCUT2D eigenvalue weighted by molar-refractivity contribution is 6.30. The molecule has 0 saturated heterocycles. The lowest BCUT2D eigenvalue weighted by atomic mass is 9.99. The maximum absolute atomic E-state index is 13.3. The molecule has 3 amide bonds. The molecular formula is C26H22ClN5O4. The minimum absolute atomic E-state index is 0.0494. The van der Waals surface area contributed by atoms with Crippen LogP contribution in [-0.4, -0.2) is 32.9 Å². The van der Waals surface area contributed by atoms with Crippen molar-refractivity contribution in [2.45, 2.75) is 12.8 Å². The van der Waals surface area contributed by atoms with E-state index in [9.17, 15) is 19.5 Å². The van der Waals surface area contributed by atoms with Crippen LogP contribution in [0, 0.1) is 0 Å². The van der Waals surface area contributed by atoms with Gasteiger partial charge in [-0.1, -0.05) is 72.3 Å². The van der Waals surface area contributed by atoms with Crippen molar-refractivity contribution in [1.82, 2.24) is 20.7 Å². The summed E-state index contributed by atoms with van der Waals surface area (Å²) in [4.78, 5) is 38.1. The Kier molecular flexibility index (Phi) is 7.62. The molecule has 0 fully saturated rings. The third-order valence-corrected chi connectivity index (χ3v) is 5.60. The number of hydrogen-bond donors (Lipinski definition) is 4. The van der Waals surface area contributed by atoms with Crippen LogP contribution in [0.15, 0.2) is 84.9 Å². The van der Waals surface area contributed by atoms with Gasteiger partial charge in [-0.05, 0) is 42.7 Å². The van der Waals surface area contributed by atoms with E-state index < -0.39 is 17.9 Å². The van der Waals surface area contributed by atoms with E-state index in [0.29, 0.717) is 40.2 Å². The van der Waals surface area contributed by atoms with Gasteiger partial charge in [-0.3, -0.25) is 20.4 Å². The molecule has 9 nitrogen and oxygen atoms in total. The fraction of sp³-hybridized carbons (Fsp3) is 0.0769. The van der Waals surface area contributed by atoms with Crippen molar-refractivity contribution in [2.24, 2.45) is 0 Å². The average molecular weight is 504 g/mol. The second-order valence-corrected chi connectivity index (χ2v) is 8.21. The zero-order chi connectivity index (χ0) is 25.5. The van der Waals surface area contributed by atoms with E-state index in [2.05, 4.69) is 21.4 Å². The number of benzene rings is 3. The molecule has 182 valence electrons. The van der Waals surface area contributed by atoms with Gasteiger partial charge in [0.1, 0.15) is 0 Å². The quantitative estimate of drug-likeness (QED) is 0.280. The van der Waals surface area contributed by atoms with Gasteiger partial charge in [-0.2, -0.15) is 9.89 Å². The van der Waals surface area contributed by atoms with Gasteiger partial charge in [0, 0.05) is 21.7 Å². The SMILES string of the molecule is O=C(O)Nn1nc(-c2ccc(Cl)cc2)c(CCc2ccccc2)c1C(=O)NNC(=O)c1ccccc1. The molecule has 4 N–H and O–H groups in total. The molecule has 0 saturated carbocycles. The first-order valence-corrected chi connectivity index (χ1v) is 11.4. The van der Waals surface area contributed by atoms with E-state index in [4.69, 9.17) is 11.6 Å². The van der Waals surface area contributed by atoms with Gasteiger partial charge >= 0.3 is 6.09 Å². The number of aromatic nitrogens is 2. The van der Waals surface area contributed by atoms with E-state index in [1.165, 1.54) is 0 Å². The van der Waals surface area contributed by atoms with Crippen LogP contribution in [-0.2, 0) is 12.8 Å². The summed E-state index contributed by atoms with van der Waals surface area (Å²) in [6.07, 6.45) is -0.465. The van der Waals surface area contributed by atoms with E-state index in [1.807, 2.05) is 30.3 Å². The van der Waals surface area contributed by atoms with Crippen molar-refractivity contribution >= 4 is 29.5 Å². The van der Waals surface area contributed by atoms with Crippen LogP contribution >= 0.6 is 11.6 Å². The summed E-state index contributed by atoms with van der Waals surface area (Å²) in [5.74, 6) is -1.26. The molecule has 0 unspecified atom stereocenters. The summed E-state index contributed by atoms with van der Waals surface area (Å²) >= 11 is 6.04. The predicted octanol–water partition coefficient (Wildman–Crippen LogP) is 4.29. The molecule has 0 aliphatic carbocycles. The predicted molar refractivity (Wildman–Crippen MR) is 135 cm³/mol. The second-order valence-electron chi connectivity index (χ2n) is 7.77. The lowest BCUT2D eigenvalue weighted by molar-refractivity contribution is 0.0841. The summed E-state index contributed by atoms with van der Waals surface area (Å²) in [5.41, 5.74) is 9.76. The molecule has 0 aliphatic heterocycles. The zero-order valence-corrected chi connectivity index (χ0v) is 19.7. The fourth-order valence-corrected chi connectivity index (χ4v) is 3.81. The van der Waals surface area contributed by atoms with Gasteiger partial charge in [0.15, 0.2) is 5.69 Å². The lowest BCUT2D eigenvalue weighted by Gasteiger charge is -2.11. The number of aryl methyl sites for hydroxylation is 1. The van der Waals surface area contributed by atoms with Crippen LogP contribution in [0.25, 0.3) is 11.3 Å². The van der Waals surface area contributed by atoms with Crippen molar-refractivity contribution in [3.8, 4) is 11.3 Å². The van der Waals surface area contributed by atoms with Crippen molar-refractivity contribution in [1.29, 1.82) is 0 Å². The molecule has 0 spiro atoms. The second kappa shape index (κ2) is 11.2. The van der Waals surface area contributed by atoms with E-state index in [-0.39, 0.29) is 5.69 Å². The topological polar surface area (TPSA) is 125 Å². The summed E-state index contributed by atoms with van der Waals surface area (Å²) in [6.45, 7) is 0. The molecule has 0 bridgehead atoms. The maximum atomic E-state index is 13.3. The Balaban J connectivity index is 1.70. The number of halogens is 1. The van der Waals surface area contributed by atoms with Crippen molar-refractivity contribution in [3.05, 3.63) is 112 Å². The van der Waals surface area contributed by atoms with Crippen molar-refractivity contribution in [2.75, 3.05) is 5.43 Å². The lowest BCUT2D eigenvalue weighted by Crippen LogP contribution is -2.43. The normalized spacial score (nSPS) is 10.5. The molecule has 1 aromatic heterocycles. The first-order valence-electron chi connectivity index (χ1n) is 11.0. The van der Waals surface area contributed by atoms with Crippen LogP contribution in [0.4, 0.5) is 4.79 Å². The molecular weight excluding hydrogens is 482 g/mol. The van der Waals surface area contributed by atoms with Crippen LogP contribution in [0.2, 0.25) is 5.02 Å². The number of hydrogen-bond acceptors (Lipinski definition) is 4. The van der Waals surface area contributed by atoms with Crippen molar-refractivity contribution < 1.29 is 19.5 Å². The molecule has 36 heavy (non-hydrogen) atoms. The number of rotatable bonds is 7. The highest BCUT2D eigenvalue weighted by atomic mass is 35.5. The average Bonchev–Trinajstić information content (AvgIpc) is 3.24. The summed E-state index contributed by atoms with van der Waals surface area (Å²) in [7, 11) is 0. The Hall–Kier alpha value is -4.63. The Morgan fingerprint density at radius 2 is 1.42 bits per heavy atom. The first-order chi connectivity index (χ1) is 17.4. The van der Waals surface area contributed by atoms with Crippen molar-refractivity contribution in [3.63, 3.8) is 0 Å². The van der Waals surface area contributed by atoms with Gasteiger partial charge in [0.2, 0.25) is 0 Å². The fourth-order valence-electron chi connectivity index (χ4n) is 3.68. The van der Waals surface area contributed by atoms with Gasteiger partial charge in [-0.15, -0.1) is 0 Å². The number of nitrogens with one attached hydrogen (secondary N) is 3. The highest BCUT2D eigenvalue weighted by Crippen LogP contribution is 2.28. The third-order valence-electron chi connectivity index (χ3n) is 5.35. The molecule has 0 atom stereocenters. The Labute approximate surface area is 211 Å². The maximum Gasteiger partial charge on any atom is 0.425 e. The van der Waals surface area contributed by atoms with Gasteiger partial charge in [0.05, 0.1) is 5.69 Å². The molecule has 4 rings (SSSR count). The van der Waals surface area contributed by atoms with E-state index in [0.717, 1.165) is 10.4 Å². The van der Waals surface area contributed by atoms with Gasteiger partial charge in [-0.25, -0.2) is 10.2 Å². The van der Waals surface area contributed by atoms with Gasteiger partial charge in [0.25, 0.3) is 11.8 Å². The summed E-state index contributed by atoms with van der Waals surface area (Å²) in [6, 6.07) is 24.9. The molecule has 3 aromatic carbocycles. The Bertz CT molecular complexity index is 1370. The van der Waals surface area contributed by atoms with E-state index >= 15 is 0 Å². The Morgan fingerprint density at radius 1 is 0.806 bits per heavy atom. The molecule has 1 heterocycles. The van der Waals surface area contributed by atoms with Crippen LogP contribution in [0.1, 0.15) is 32.0 Å². The standard InChI is InChI=1S/C26H22ClN5O4/c27-20-14-12-18(13-15-20)22-21(16-11-17-7-3-1-4-8-17)23(32(30-22)31-26(35)36)25(34)29-28-24(33)19-9-5-2-6-10-19/h1-10,12-15,31H,11,16H2,(H,28,33)(H,29,34)(H,35,36). The first kappa shape index (κ1) is 24.5. The minimum Gasteiger partial charge on any atom is -0.464 e. The summed E-state index contributed by atoms with van der Waals surface area (Å²) in [5, 5.41) is 14.3. The monoisotopic (exact) mass is 503 g/mol. The molecule has 0 radical (unpaired) electrons. The Morgan fingerprint density at radius 3 is 2.06 bits per heavy atom. The van der Waals surface area contributed by atoms with Crippen LogP contribution in [0.5, 0.6) is 0 Å². The number of carbonyl (C=O) groups excluding carboxylic acids is 2. The third kappa shape index (κ3) is 5.89. The number of carbonyl (C=O) groups is 3. The number of carboxylic acid groups (broad SMARTS) is 1. The zero-order valence-electron chi connectivity index (χ0n) is 18.9. The molecule has 0 aliphatic rings. The smallest absolute Gasteiger partial charge is 0.425 e. The molecule has 10 heteroatoms. The number of hydrazine groups is 1. The molecule has 4 aromatic rings. The minimum atomic E-state index is -1.41. The summed E-state index contributed by atoms with van der Waals surface area (Å²) < 4.78 is 0.